The summed E-state index contributed by atoms with van der Waals surface area (Å²) in [6, 6.07) is 5.59. The predicted octanol–water partition coefficient (Wildman–Crippen LogP) is 5.64. The molecule has 0 saturated carbocycles. The van der Waals surface area contributed by atoms with Crippen molar-refractivity contribution in [2.45, 2.75) is 52.4 Å². The van der Waals surface area contributed by atoms with Crippen LogP contribution >= 0.6 is 0 Å². The fourth-order valence-electron chi connectivity index (χ4n) is 3.18. The first-order valence-corrected chi connectivity index (χ1v) is 10.3. The molecule has 2 heterocycles. The van der Waals surface area contributed by atoms with Crippen LogP contribution in [0.3, 0.4) is 0 Å². The monoisotopic (exact) mass is 463 g/mol. The number of carbonyl (C=O) groups is 1. The van der Waals surface area contributed by atoms with Crippen LogP contribution in [0.4, 0.5) is 17.6 Å². The Kier molecular flexibility index (Phi) is 8.95. The third-order valence-electron chi connectivity index (χ3n) is 4.80. The SMILES string of the molecule is CCC(=O)N1Cc2ccc(-c3cc(F)cnc3C(F)(F)F)cc2C1.CCCC=NC(=N)C=N. The number of unbranched alkanes of at least 4 members (excludes halogenated alkanes) is 1. The molecule has 0 radical (unpaired) electrons. The van der Waals surface area contributed by atoms with Gasteiger partial charge in [-0.3, -0.25) is 10.2 Å². The van der Waals surface area contributed by atoms with E-state index in [0.29, 0.717) is 25.7 Å². The van der Waals surface area contributed by atoms with E-state index in [4.69, 9.17) is 10.8 Å². The van der Waals surface area contributed by atoms with Gasteiger partial charge in [-0.25, -0.2) is 14.4 Å². The first-order chi connectivity index (χ1) is 15.6. The van der Waals surface area contributed by atoms with Crippen LogP contribution in [0.15, 0.2) is 35.5 Å². The van der Waals surface area contributed by atoms with E-state index in [1.807, 2.05) is 6.92 Å². The van der Waals surface area contributed by atoms with E-state index in [0.717, 1.165) is 36.2 Å². The van der Waals surface area contributed by atoms with E-state index in [-0.39, 0.29) is 22.9 Å². The highest BCUT2D eigenvalue weighted by Crippen LogP contribution is 2.37. The minimum Gasteiger partial charge on any atom is -0.334 e. The Morgan fingerprint density at radius 3 is 2.52 bits per heavy atom. The number of aromatic nitrogens is 1. The number of nitrogens with one attached hydrogen (secondary N) is 2. The number of amidine groups is 1. The number of benzene rings is 1. The summed E-state index contributed by atoms with van der Waals surface area (Å²) in [5.74, 6) is -0.833. The van der Waals surface area contributed by atoms with Crippen molar-refractivity contribution >= 4 is 24.2 Å². The maximum atomic E-state index is 13.4. The summed E-state index contributed by atoms with van der Waals surface area (Å²) in [7, 11) is 0. The number of nitrogens with zero attached hydrogens (tertiary/aromatic N) is 3. The first-order valence-electron chi connectivity index (χ1n) is 10.3. The number of pyridine rings is 1. The van der Waals surface area contributed by atoms with Crippen molar-refractivity contribution in [3.8, 4) is 11.1 Å². The summed E-state index contributed by atoms with van der Waals surface area (Å²) in [5.41, 5.74) is 0.470. The minimum absolute atomic E-state index is 0.0171. The number of hydrogen-bond acceptors (Lipinski definition) is 4. The van der Waals surface area contributed by atoms with Gasteiger partial charge in [0.15, 0.2) is 11.5 Å². The van der Waals surface area contributed by atoms with E-state index in [1.165, 1.54) is 6.07 Å². The van der Waals surface area contributed by atoms with Crippen molar-refractivity contribution in [3.05, 3.63) is 53.1 Å². The summed E-state index contributed by atoms with van der Waals surface area (Å²) < 4.78 is 52.8. The van der Waals surface area contributed by atoms with Crippen LogP contribution < -0.4 is 0 Å². The van der Waals surface area contributed by atoms with Crippen LogP contribution in [0.2, 0.25) is 0 Å². The third-order valence-corrected chi connectivity index (χ3v) is 4.80. The Balaban J connectivity index is 0.000000365. The van der Waals surface area contributed by atoms with Crippen molar-refractivity contribution in [2.24, 2.45) is 4.99 Å². The number of carbonyl (C=O) groups excluding carboxylic acids is 1. The van der Waals surface area contributed by atoms with Crippen molar-refractivity contribution in [3.63, 3.8) is 0 Å². The van der Waals surface area contributed by atoms with Crippen LogP contribution in [0.5, 0.6) is 0 Å². The van der Waals surface area contributed by atoms with Crippen molar-refractivity contribution < 1.29 is 22.4 Å². The van der Waals surface area contributed by atoms with Gasteiger partial charge >= 0.3 is 6.18 Å². The average Bonchev–Trinajstić information content (AvgIpc) is 3.21. The molecule has 10 heteroatoms. The van der Waals surface area contributed by atoms with Crippen LogP contribution in [0.1, 0.15) is 49.9 Å². The Morgan fingerprint density at radius 1 is 1.21 bits per heavy atom. The molecule has 1 aromatic heterocycles. The smallest absolute Gasteiger partial charge is 0.334 e. The summed E-state index contributed by atoms with van der Waals surface area (Å²) in [4.78, 5) is 20.3. The van der Waals surface area contributed by atoms with Crippen LogP contribution in [0.25, 0.3) is 11.1 Å². The Bertz CT molecular complexity index is 1050. The molecule has 1 aliphatic rings. The highest BCUT2D eigenvalue weighted by atomic mass is 19.4. The van der Waals surface area contributed by atoms with E-state index < -0.39 is 17.7 Å². The van der Waals surface area contributed by atoms with E-state index >= 15 is 0 Å². The number of rotatable bonds is 5. The van der Waals surface area contributed by atoms with Gasteiger partial charge in [-0.05, 0) is 35.2 Å². The number of hydrogen-bond donors (Lipinski definition) is 2. The average molecular weight is 463 g/mol. The fourth-order valence-corrected chi connectivity index (χ4v) is 3.18. The molecule has 2 aromatic rings. The molecule has 0 unspecified atom stereocenters. The summed E-state index contributed by atoms with van der Waals surface area (Å²) in [5, 5.41) is 13.5. The Morgan fingerprint density at radius 2 is 1.91 bits per heavy atom. The largest absolute Gasteiger partial charge is 0.433 e. The molecule has 0 bridgehead atoms. The molecule has 0 aliphatic carbocycles. The molecule has 2 N–H and O–H groups in total. The maximum absolute atomic E-state index is 13.4. The molecule has 0 saturated heterocycles. The molecule has 1 amide bonds. The first kappa shape index (κ1) is 25.8. The number of alkyl halides is 3. The Hall–Kier alpha value is -3.43. The molecular weight excluding hydrogens is 438 g/mol. The van der Waals surface area contributed by atoms with E-state index in [1.54, 1.807) is 30.2 Å². The lowest BCUT2D eigenvalue weighted by atomic mass is 9.99. The quantitative estimate of drug-likeness (QED) is 0.341. The zero-order valence-corrected chi connectivity index (χ0v) is 18.3. The lowest BCUT2D eigenvalue weighted by Gasteiger charge is -2.13. The van der Waals surface area contributed by atoms with Gasteiger partial charge in [0.05, 0.1) is 12.4 Å². The topological polar surface area (TPSA) is 93.3 Å². The zero-order chi connectivity index (χ0) is 24.6. The van der Waals surface area contributed by atoms with Crippen molar-refractivity contribution in [1.82, 2.24) is 9.88 Å². The van der Waals surface area contributed by atoms with Gasteiger partial charge in [-0.2, -0.15) is 13.2 Å². The third kappa shape index (κ3) is 7.03. The van der Waals surface area contributed by atoms with Crippen LogP contribution in [0, 0.1) is 16.6 Å². The van der Waals surface area contributed by atoms with Gasteiger partial charge in [0.2, 0.25) is 5.91 Å². The van der Waals surface area contributed by atoms with Gasteiger partial charge < -0.3 is 10.3 Å². The standard InChI is InChI=1S/C17H14F4N2O.C6H11N3/c1-2-15(24)23-8-11-4-3-10(5-12(11)9-23)14-6-13(18)7-22-16(14)17(19,20)21;1-2-3-4-9-6(8)5-7/h3-7H,2,8-9H2,1H3;4-5,7-8H,2-3H2,1H3. The highest BCUT2D eigenvalue weighted by Gasteiger charge is 2.36. The molecule has 33 heavy (non-hydrogen) atoms. The van der Waals surface area contributed by atoms with E-state index in [2.05, 4.69) is 9.98 Å². The molecular formula is C23H25F4N5O. The van der Waals surface area contributed by atoms with Crippen molar-refractivity contribution in [2.75, 3.05) is 0 Å². The molecule has 0 atom stereocenters. The normalized spacial score (nSPS) is 12.8. The van der Waals surface area contributed by atoms with Gasteiger partial charge in [0, 0.05) is 31.3 Å². The van der Waals surface area contributed by atoms with Crippen LogP contribution in [-0.2, 0) is 24.1 Å². The number of fused-ring (bicyclic) bond motifs is 1. The second-order valence-electron chi connectivity index (χ2n) is 7.26. The van der Waals surface area contributed by atoms with Gasteiger partial charge in [-0.1, -0.05) is 32.4 Å². The van der Waals surface area contributed by atoms with Gasteiger partial charge in [0.25, 0.3) is 0 Å². The second kappa shape index (κ2) is 11.4. The molecule has 0 fully saturated rings. The predicted molar refractivity (Wildman–Crippen MR) is 119 cm³/mol. The lowest BCUT2D eigenvalue weighted by molar-refractivity contribution is -0.140. The fraction of sp³-hybridized carbons (Fsp3) is 0.348. The molecule has 1 aromatic carbocycles. The van der Waals surface area contributed by atoms with E-state index in [9.17, 15) is 22.4 Å². The number of halogens is 4. The summed E-state index contributed by atoms with van der Waals surface area (Å²) >= 11 is 0. The minimum atomic E-state index is -4.67. The summed E-state index contributed by atoms with van der Waals surface area (Å²) in [6.07, 6.45) is 0.755. The summed E-state index contributed by atoms with van der Waals surface area (Å²) in [6.45, 7) is 4.58. The van der Waals surface area contributed by atoms with Gasteiger partial charge in [-0.15, -0.1) is 0 Å². The van der Waals surface area contributed by atoms with Crippen LogP contribution in [-0.4, -0.2) is 34.1 Å². The van der Waals surface area contributed by atoms with Crippen molar-refractivity contribution in [1.29, 1.82) is 10.8 Å². The molecule has 0 spiro atoms. The molecule has 6 nitrogen and oxygen atoms in total. The zero-order valence-electron chi connectivity index (χ0n) is 18.3. The molecule has 1 aliphatic heterocycles. The van der Waals surface area contributed by atoms with Gasteiger partial charge in [0.1, 0.15) is 5.82 Å². The lowest BCUT2D eigenvalue weighted by Crippen LogP contribution is -2.23. The maximum Gasteiger partial charge on any atom is 0.433 e. The number of aliphatic imine (C=N–C) groups is 1. The highest BCUT2D eigenvalue weighted by molar-refractivity contribution is 6.28. The number of amides is 1. The second-order valence-corrected chi connectivity index (χ2v) is 7.26. The molecule has 3 rings (SSSR count). The molecule has 176 valence electrons. The Labute approximate surface area is 189 Å².